The van der Waals surface area contributed by atoms with Crippen molar-refractivity contribution in [3.05, 3.63) is 12.4 Å². The second kappa shape index (κ2) is 2.73. The molecular formula is C7H10N2O3S. The molecule has 13 heavy (non-hydrogen) atoms. The summed E-state index contributed by atoms with van der Waals surface area (Å²) in [6.45, 7) is 0. The summed E-state index contributed by atoms with van der Waals surface area (Å²) in [6, 6.07) is 0. The van der Waals surface area contributed by atoms with Gasteiger partial charge in [-0.25, -0.2) is 8.42 Å². The zero-order valence-electron chi connectivity index (χ0n) is 6.92. The summed E-state index contributed by atoms with van der Waals surface area (Å²) >= 11 is 0. The Kier molecular flexibility index (Phi) is 1.80. The van der Waals surface area contributed by atoms with Crippen LogP contribution in [0.5, 0.6) is 5.75 Å². The van der Waals surface area contributed by atoms with Gasteiger partial charge in [-0.15, -0.1) is 0 Å². The van der Waals surface area contributed by atoms with Crippen LogP contribution in [0.2, 0.25) is 0 Å². The van der Waals surface area contributed by atoms with Crippen LogP contribution in [-0.4, -0.2) is 29.1 Å². The van der Waals surface area contributed by atoms with Gasteiger partial charge in [-0.3, -0.25) is 4.68 Å². The van der Waals surface area contributed by atoms with Crippen molar-refractivity contribution in [3.8, 4) is 5.75 Å². The van der Waals surface area contributed by atoms with E-state index in [1.165, 1.54) is 17.1 Å². The topological polar surface area (TPSA) is 72.2 Å². The van der Waals surface area contributed by atoms with Crippen molar-refractivity contribution in [3.63, 3.8) is 0 Å². The molecule has 0 aliphatic carbocycles. The molecular weight excluding hydrogens is 192 g/mol. The molecule has 1 unspecified atom stereocenters. The van der Waals surface area contributed by atoms with Crippen LogP contribution in [-0.2, 0) is 9.84 Å². The zero-order chi connectivity index (χ0) is 9.47. The standard InChI is InChI=1S/C7H10N2O3S/c10-6-4-8-9(5-6)7-2-1-3-13(7,11)12/h4-5,7,10H,1-3H2. The lowest BCUT2D eigenvalue weighted by molar-refractivity contribution is 0.471. The molecule has 0 amide bonds. The number of hydrogen-bond acceptors (Lipinski definition) is 4. The molecule has 2 rings (SSSR count). The van der Waals surface area contributed by atoms with Crippen molar-refractivity contribution < 1.29 is 13.5 Å². The average molecular weight is 202 g/mol. The third-order valence-corrected chi connectivity index (χ3v) is 4.32. The maximum Gasteiger partial charge on any atom is 0.173 e. The Morgan fingerprint density at radius 3 is 2.85 bits per heavy atom. The van der Waals surface area contributed by atoms with Crippen molar-refractivity contribution in [1.29, 1.82) is 0 Å². The van der Waals surface area contributed by atoms with Crippen LogP contribution >= 0.6 is 0 Å². The minimum absolute atomic E-state index is 0.00194. The highest BCUT2D eigenvalue weighted by Crippen LogP contribution is 2.29. The summed E-state index contributed by atoms with van der Waals surface area (Å²) in [5, 5.41) is 12.2. The monoisotopic (exact) mass is 202 g/mol. The molecule has 0 bridgehead atoms. The molecule has 1 aliphatic rings. The minimum atomic E-state index is -3.04. The second-order valence-electron chi connectivity index (χ2n) is 3.14. The second-order valence-corrected chi connectivity index (χ2v) is 5.42. The van der Waals surface area contributed by atoms with Gasteiger partial charge in [0.1, 0.15) is 0 Å². The lowest BCUT2D eigenvalue weighted by Gasteiger charge is -2.08. The van der Waals surface area contributed by atoms with Gasteiger partial charge in [-0.1, -0.05) is 0 Å². The van der Waals surface area contributed by atoms with Gasteiger partial charge in [0, 0.05) is 0 Å². The normalized spacial score (nSPS) is 26.3. The zero-order valence-corrected chi connectivity index (χ0v) is 7.74. The fourth-order valence-corrected chi connectivity index (χ4v) is 3.37. The summed E-state index contributed by atoms with van der Waals surface area (Å²) in [5.41, 5.74) is 0. The van der Waals surface area contributed by atoms with E-state index in [9.17, 15) is 8.42 Å². The van der Waals surface area contributed by atoms with Gasteiger partial charge >= 0.3 is 0 Å². The Bertz CT molecular complexity index is 409. The van der Waals surface area contributed by atoms with E-state index in [0.717, 1.165) is 0 Å². The molecule has 6 heteroatoms. The highest BCUT2D eigenvalue weighted by atomic mass is 32.2. The summed E-state index contributed by atoms with van der Waals surface area (Å²) in [7, 11) is -3.04. The first-order valence-electron chi connectivity index (χ1n) is 4.04. The lowest BCUT2D eigenvalue weighted by atomic mass is 10.3. The number of hydrogen-bond donors (Lipinski definition) is 1. The molecule has 1 N–H and O–H groups in total. The van der Waals surface area contributed by atoms with Crippen LogP contribution in [0.15, 0.2) is 12.4 Å². The van der Waals surface area contributed by atoms with E-state index < -0.39 is 15.2 Å². The highest BCUT2D eigenvalue weighted by Gasteiger charge is 2.33. The largest absolute Gasteiger partial charge is 0.505 e. The lowest BCUT2D eigenvalue weighted by Crippen LogP contribution is -2.15. The fraction of sp³-hybridized carbons (Fsp3) is 0.571. The molecule has 1 atom stereocenters. The first kappa shape index (κ1) is 8.55. The van der Waals surface area contributed by atoms with E-state index in [0.29, 0.717) is 12.8 Å². The first-order valence-corrected chi connectivity index (χ1v) is 5.76. The van der Waals surface area contributed by atoms with Crippen molar-refractivity contribution in [1.82, 2.24) is 9.78 Å². The molecule has 0 saturated carbocycles. The molecule has 1 saturated heterocycles. The third kappa shape index (κ3) is 1.41. The molecule has 1 aromatic heterocycles. The van der Waals surface area contributed by atoms with E-state index in [1.807, 2.05) is 0 Å². The maximum absolute atomic E-state index is 11.4. The molecule has 72 valence electrons. The van der Waals surface area contributed by atoms with Gasteiger partial charge in [-0.2, -0.15) is 5.10 Å². The molecule has 1 aliphatic heterocycles. The molecule has 0 radical (unpaired) electrons. The Balaban J connectivity index is 2.37. The van der Waals surface area contributed by atoms with Crippen LogP contribution in [0.4, 0.5) is 0 Å². The van der Waals surface area contributed by atoms with Gasteiger partial charge < -0.3 is 5.11 Å². The number of nitrogens with zero attached hydrogens (tertiary/aromatic N) is 2. The summed E-state index contributed by atoms with van der Waals surface area (Å²) in [6.07, 6.45) is 3.85. The van der Waals surface area contributed by atoms with E-state index in [-0.39, 0.29) is 11.5 Å². The third-order valence-electron chi connectivity index (χ3n) is 2.18. The predicted molar refractivity (Wildman–Crippen MR) is 45.9 cm³/mol. The van der Waals surface area contributed by atoms with Gasteiger partial charge in [0.15, 0.2) is 21.0 Å². The summed E-state index contributed by atoms with van der Waals surface area (Å²) < 4.78 is 24.2. The average Bonchev–Trinajstić information content (AvgIpc) is 2.56. The Morgan fingerprint density at radius 2 is 2.38 bits per heavy atom. The van der Waals surface area contributed by atoms with Crippen LogP contribution < -0.4 is 0 Å². The van der Waals surface area contributed by atoms with Crippen LogP contribution in [0, 0.1) is 0 Å². The Morgan fingerprint density at radius 1 is 1.62 bits per heavy atom. The minimum Gasteiger partial charge on any atom is -0.505 e. The summed E-state index contributed by atoms with van der Waals surface area (Å²) in [5.74, 6) is 0.222. The van der Waals surface area contributed by atoms with Crippen LogP contribution in [0.25, 0.3) is 0 Å². The number of sulfone groups is 1. The highest BCUT2D eigenvalue weighted by molar-refractivity contribution is 7.91. The van der Waals surface area contributed by atoms with E-state index in [4.69, 9.17) is 5.11 Å². The number of aromatic nitrogens is 2. The quantitative estimate of drug-likeness (QED) is 0.710. The van der Waals surface area contributed by atoms with E-state index >= 15 is 0 Å². The van der Waals surface area contributed by atoms with Gasteiger partial charge in [0.25, 0.3) is 0 Å². The van der Waals surface area contributed by atoms with Crippen molar-refractivity contribution in [2.24, 2.45) is 0 Å². The van der Waals surface area contributed by atoms with Gasteiger partial charge in [-0.05, 0) is 12.8 Å². The Labute approximate surface area is 75.9 Å². The molecule has 1 aromatic rings. The maximum atomic E-state index is 11.4. The fourth-order valence-electron chi connectivity index (χ4n) is 1.56. The van der Waals surface area contributed by atoms with Crippen LogP contribution in [0.3, 0.4) is 0 Å². The predicted octanol–water partition coefficient (Wildman–Crippen LogP) is 0.296. The van der Waals surface area contributed by atoms with Gasteiger partial charge in [0.05, 0.1) is 18.1 Å². The van der Waals surface area contributed by atoms with E-state index in [2.05, 4.69) is 5.10 Å². The molecule has 1 fully saturated rings. The van der Waals surface area contributed by atoms with Crippen molar-refractivity contribution in [2.45, 2.75) is 18.2 Å². The number of aromatic hydroxyl groups is 1. The Hall–Kier alpha value is -1.04. The van der Waals surface area contributed by atoms with Crippen molar-refractivity contribution in [2.75, 3.05) is 5.75 Å². The van der Waals surface area contributed by atoms with E-state index in [1.54, 1.807) is 0 Å². The number of rotatable bonds is 1. The van der Waals surface area contributed by atoms with Crippen molar-refractivity contribution >= 4 is 9.84 Å². The molecule has 0 aromatic carbocycles. The smallest absolute Gasteiger partial charge is 0.173 e. The first-order chi connectivity index (χ1) is 6.09. The molecule has 5 nitrogen and oxygen atoms in total. The van der Waals surface area contributed by atoms with Gasteiger partial charge in [0.2, 0.25) is 0 Å². The molecule has 2 heterocycles. The SMILES string of the molecule is O=S1(=O)CCCC1n1cc(O)cn1. The van der Waals surface area contributed by atoms with Crippen LogP contribution in [0.1, 0.15) is 18.2 Å². The molecule has 0 spiro atoms. The summed E-state index contributed by atoms with van der Waals surface area (Å²) in [4.78, 5) is 0.